The van der Waals surface area contributed by atoms with E-state index >= 15 is 0 Å². The van der Waals surface area contributed by atoms with Crippen LogP contribution in [0.15, 0.2) is 48.5 Å². The van der Waals surface area contributed by atoms with Crippen molar-refractivity contribution in [2.45, 2.75) is 24.5 Å². The Balaban J connectivity index is 1.79. The quantitative estimate of drug-likeness (QED) is 0.837. The van der Waals surface area contributed by atoms with Gasteiger partial charge in [0.2, 0.25) is 0 Å². The predicted molar refractivity (Wildman–Crippen MR) is 86.5 cm³/mol. The highest BCUT2D eigenvalue weighted by Gasteiger charge is 2.41. The number of nitrogens with zero attached hydrogens (tertiary/aromatic N) is 1. The lowest BCUT2D eigenvalue weighted by atomic mass is 9.87. The SMILES string of the molecule is CN(C)C[C@@H]1C[C@@H]2c3ccccc3Oc3ccccc3[C@@H]2O1. The van der Waals surface area contributed by atoms with E-state index in [0.717, 1.165) is 24.5 Å². The minimum Gasteiger partial charge on any atom is -0.457 e. The van der Waals surface area contributed by atoms with Gasteiger partial charge in [-0.2, -0.15) is 0 Å². The molecule has 0 radical (unpaired) electrons. The summed E-state index contributed by atoms with van der Waals surface area (Å²) in [5, 5.41) is 0. The second-order valence-electron chi connectivity index (χ2n) is 6.46. The number of benzene rings is 2. The van der Waals surface area contributed by atoms with E-state index in [1.54, 1.807) is 0 Å². The van der Waals surface area contributed by atoms with Crippen molar-refractivity contribution in [1.29, 1.82) is 0 Å². The van der Waals surface area contributed by atoms with Crippen molar-refractivity contribution in [2.75, 3.05) is 20.6 Å². The average molecular weight is 295 g/mol. The van der Waals surface area contributed by atoms with Crippen LogP contribution in [0.25, 0.3) is 0 Å². The van der Waals surface area contributed by atoms with Crippen LogP contribution in [0.5, 0.6) is 11.5 Å². The fraction of sp³-hybridized carbons (Fsp3) is 0.368. The van der Waals surface area contributed by atoms with Crippen LogP contribution in [0.1, 0.15) is 29.6 Å². The van der Waals surface area contributed by atoms with Crippen LogP contribution in [0.4, 0.5) is 0 Å². The summed E-state index contributed by atoms with van der Waals surface area (Å²) in [6.07, 6.45) is 1.39. The van der Waals surface area contributed by atoms with Gasteiger partial charge in [0.25, 0.3) is 0 Å². The van der Waals surface area contributed by atoms with E-state index in [1.165, 1.54) is 11.1 Å². The van der Waals surface area contributed by atoms with Gasteiger partial charge in [0.15, 0.2) is 0 Å². The van der Waals surface area contributed by atoms with Gasteiger partial charge in [-0.25, -0.2) is 0 Å². The Labute approximate surface area is 131 Å². The third-order valence-electron chi connectivity index (χ3n) is 4.55. The van der Waals surface area contributed by atoms with Gasteiger partial charge in [0, 0.05) is 23.6 Å². The molecule has 22 heavy (non-hydrogen) atoms. The molecule has 0 spiro atoms. The Morgan fingerprint density at radius 1 is 0.955 bits per heavy atom. The third-order valence-corrected chi connectivity index (χ3v) is 4.55. The van der Waals surface area contributed by atoms with Crippen molar-refractivity contribution in [3.8, 4) is 11.5 Å². The molecule has 2 aliphatic heterocycles. The Morgan fingerprint density at radius 3 is 2.32 bits per heavy atom. The maximum atomic E-state index is 6.42. The Kier molecular flexibility index (Phi) is 3.40. The average Bonchev–Trinajstić information content (AvgIpc) is 2.85. The molecule has 3 heteroatoms. The van der Waals surface area contributed by atoms with Gasteiger partial charge in [0.1, 0.15) is 11.5 Å². The molecule has 0 unspecified atom stereocenters. The highest BCUT2D eigenvalue weighted by molar-refractivity contribution is 5.49. The van der Waals surface area contributed by atoms with Gasteiger partial charge in [-0.05, 0) is 32.6 Å². The highest BCUT2D eigenvalue weighted by Crippen LogP contribution is 2.52. The number of hydrogen-bond donors (Lipinski definition) is 0. The fourth-order valence-electron chi connectivity index (χ4n) is 3.68. The van der Waals surface area contributed by atoms with Crippen LogP contribution < -0.4 is 4.74 Å². The zero-order valence-corrected chi connectivity index (χ0v) is 13.0. The zero-order valence-electron chi connectivity index (χ0n) is 13.0. The van der Waals surface area contributed by atoms with Crippen LogP contribution in [0.2, 0.25) is 0 Å². The molecule has 2 aliphatic rings. The second-order valence-corrected chi connectivity index (χ2v) is 6.46. The summed E-state index contributed by atoms with van der Waals surface area (Å²) in [7, 11) is 4.20. The van der Waals surface area contributed by atoms with Gasteiger partial charge in [0.05, 0.1) is 12.2 Å². The number of likely N-dealkylation sites (N-methyl/N-ethyl adjacent to an activating group) is 1. The monoisotopic (exact) mass is 295 g/mol. The third kappa shape index (κ3) is 2.31. The van der Waals surface area contributed by atoms with E-state index in [4.69, 9.17) is 9.47 Å². The number of hydrogen-bond acceptors (Lipinski definition) is 3. The maximum Gasteiger partial charge on any atom is 0.133 e. The van der Waals surface area contributed by atoms with Crippen LogP contribution in [-0.4, -0.2) is 31.6 Å². The largest absolute Gasteiger partial charge is 0.457 e. The van der Waals surface area contributed by atoms with Crippen molar-refractivity contribution in [3.63, 3.8) is 0 Å². The van der Waals surface area contributed by atoms with E-state index in [0.29, 0.717) is 5.92 Å². The molecule has 2 aromatic carbocycles. The zero-order chi connectivity index (χ0) is 15.1. The summed E-state index contributed by atoms with van der Waals surface area (Å²) in [5.41, 5.74) is 2.44. The van der Waals surface area contributed by atoms with Crippen molar-refractivity contribution < 1.29 is 9.47 Å². The van der Waals surface area contributed by atoms with E-state index in [2.05, 4.69) is 49.3 Å². The normalized spacial score (nSPS) is 25.9. The first-order chi connectivity index (χ1) is 10.7. The minimum atomic E-state index is 0.0878. The van der Waals surface area contributed by atoms with Gasteiger partial charge < -0.3 is 14.4 Å². The van der Waals surface area contributed by atoms with E-state index in [1.807, 2.05) is 18.2 Å². The number of ether oxygens (including phenoxy) is 2. The molecular weight excluding hydrogens is 274 g/mol. The van der Waals surface area contributed by atoms with Crippen molar-refractivity contribution in [3.05, 3.63) is 59.7 Å². The van der Waals surface area contributed by atoms with Crippen LogP contribution in [0.3, 0.4) is 0 Å². The molecule has 0 N–H and O–H groups in total. The van der Waals surface area contributed by atoms with E-state index in [9.17, 15) is 0 Å². The van der Waals surface area contributed by atoms with Crippen molar-refractivity contribution >= 4 is 0 Å². The summed E-state index contributed by atoms with van der Waals surface area (Å²) >= 11 is 0. The predicted octanol–water partition coefficient (Wildman–Crippen LogP) is 3.97. The first kappa shape index (κ1) is 13.8. The molecule has 1 fully saturated rings. The summed E-state index contributed by atoms with van der Waals surface area (Å²) in [4.78, 5) is 2.20. The molecule has 1 saturated heterocycles. The Hall–Kier alpha value is -1.84. The fourth-order valence-corrected chi connectivity index (χ4v) is 3.68. The van der Waals surface area contributed by atoms with Gasteiger partial charge >= 0.3 is 0 Å². The standard InChI is InChI=1S/C19H21NO2/c1-20(2)12-13-11-16-14-7-3-5-9-17(14)22-18-10-6-4-8-15(18)19(16)21-13/h3-10,13,16,19H,11-12H2,1-2H3/t13-,16+,19-/m0/s1. The van der Waals surface area contributed by atoms with Gasteiger partial charge in [-0.3, -0.25) is 0 Å². The lowest BCUT2D eigenvalue weighted by molar-refractivity contribution is 0.0271. The summed E-state index contributed by atoms with van der Waals surface area (Å²) < 4.78 is 12.6. The molecule has 2 heterocycles. The maximum absolute atomic E-state index is 6.42. The molecular formula is C19H21NO2. The Morgan fingerprint density at radius 2 is 1.59 bits per heavy atom. The van der Waals surface area contributed by atoms with Crippen LogP contribution in [-0.2, 0) is 4.74 Å². The first-order valence-corrected chi connectivity index (χ1v) is 7.88. The lowest BCUT2D eigenvalue weighted by Crippen LogP contribution is -2.25. The minimum absolute atomic E-state index is 0.0878. The molecule has 2 aromatic rings. The topological polar surface area (TPSA) is 21.7 Å². The Bertz CT molecular complexity index is 629. The van der Waals surface area contributed by atoms with Gasteiger partial charge in [-0.1, -0.05) is 36.4 Å². The number of para-hydroxylation sites is 2. The molecule has 114 valence electrons. The molecule has 0 saturated carbocycles. The summed E-state index contributed by atoms with van der Waals surface area (Å²) in [6.45, 7) is 0.957. The molecule has 0 bridgehead atoms. The number of fused-ring (bicyclic) bond motifs is 5. The van der Waals surface area contributed by atoms with Crippen molar-refractivity contribution in [2.24, 2.45) is 0 Å². The summed E-state index contributed by atoms with van der Waals surface area (Å²) in [5.74, 6) is 2.26. The van der Waals surface area contributed by atoms with Crippen LogP contribution >= 0.6 is 0 Å². The molecule has 0 aliphatic carbocycles. The second kappa shape index (κ2) is 5.41. The smallest absolute Gasteiger partial charge is 0.133 e. The first-order valence-electron chi connectivity index (χ1n) is 7.88. The lowest BCUT2D eigenvalue weighted by Gasteiger charge is -2.19. The molecule has 0 aromatic heterocycles. The molecule has 3 atom stereocenters. The van der Waals surface area contributed by atoms with E-state index < -0.39 is 0 Å². The van der Waals surface area contributed by atoms with Crippen LogP contribution in [0, 0.1) is 0 Å². The number of rotatable bonds is 2. The van der Waals surface area contributed by atoms with E-state index in [-0.39, 0.29) is 12.2 Å². The van der Waals surface area contributed by atoms with Gasteiger partial charge in [-0.15, -0.1) is 0 Å². The molecule has 0 amide bonds. The van der Waals surface area contributed by atoms with Crippen molar-refractivity contribution in [1.82, 2.24) is 4.90 Å². The summed E-state index contributed by atoms with van der Waals surface area (Å²) in [6, 6.07) is 16.6. The molecule has 4 rings (SSSR count). The molecule has 3 nitrogen and oxygen atoms in total. The highest BCUT2D eigenvalue weighted by atomic mass is 16.5.